The molecule has 7 aromatic rings. The Morgan fingerprint density at radius 2 is 1.23 bits per heavy atom. The van der Waals surface area contributed by atoms with Gasteiger partial charge in [-0.3, -0.25) is 0 Å². The largest absolute Gasteiger partial charge is 0.494 e. The van der Waals surface area contributed by atoms with Crippen molar-refractivity contribution in [2.75, 3.05) is 0 Å². The van der Waals surface area contributed by atoms with E-state index < -0.39 is 18.3 Å². The van der Waals surface area contributed by atoms with Crippen LogP contribution in [0.25, 0.3) is 65.9 Å². The average molecular weight is 558 g/mol. The number of rotatable bonds is 3. The second kappa shape index (κ2) is 9.47. The van der Waals surface area contributed by atoms with Gasteiger partial charge in [0.05, 0.1) is 33.6 Å². The maximum absolute atomic E-state index is 6.38. The van der Waals surface area contributed by atoms with Gasteiger partial charge in [-0.05, 0) is 67.5 Å². The molecule has 1 aliphatic heterocycles. The monoisotopic (exact) mass is 558 g/mol. The Morgan fingerprint density at radius 3 is 2.02 bits per heavy atom. The lowest BCUT2D eigenvalue weighted by Gasteiger charge is -2.32. The number of benzene rings is 5. The quantitative estimate of drug-likeness (QED) is 0.161. The molecule has 5 aromatic carbocycles. The zero-order chi connectivity index (χ0) is 29.3. The maximum atomic E-state index is 6.38. The Kier molecular flexibility index (Phi) is 5.74. The van der Waals surface area contributed by atoms with Crippen LogP contribution in [0.4, 0.5) is 0 Å². The first-order valence-electron chi connectivity index (χ1n) is 14.8. The minimum atomic E-state index is -0.449. The summed E-state index contributed by atoms with van der Waals surface area (Å²) in [4.78, 5) is 10.6. The van der Waals surface area contributed by atoms with Crippen molar-refractivity contribution >= 4 is 55.9 Å². The van der Waals surface area contributed by atoms with Crippen molar-refractivity contribution in [3.63, 3.8) is 0 Å². The molecular weight excluding hydrogens is 527 g/mol. The second-order valence-corrected chi connectivity index (χ2v) is 12.5. The van der Waals surface area contributed by atoms with E-state index in [0.717, 1.165) is 60.6 Å². The van der Waals surface area contributed by atoms with Gasteiger partial charge in [-0.1, -0.05) is 97.1 Å². The molecule has 1 aliphatic rings. The third-order valence-electron chi connectivity index (χ3n) is 9.26. The first kappa shape index (κ1) is 26.1. The number of nitrogens with zero attached hydrogens (tertiary/aromatic N) is 2. The SMILES string of the molecule is CC1(C)OB(c2ccc3c(c2)nc(-c2ccccc2)c2c3ccc3ccc(-c4ccc5ccccc5c4)nc32)OC1(C)C. The topological polar surface area (TPSA) is 44.2 Å². The summed E-state index contributed by atoms with van der Waals surface area (Å²) < 4.78 is 12.8. The molecule has 0 saturated carbocycles. The van der Waals surface area contributed by atoms with Gasteiger partial charge < -0.3 is 9.31 Å². The number of pyridine rings is 2. The van der Waals surface area contributed by atoms with Crippen LogP contribution in [-0.2, 0) is 9.31 Å². The zero-order valence-corrected chi connectivity index (χ0v) is 24.8. The molecular formula is C38H31BN2O2. The van der Waals surface area contributed by atoms with E-state index in [1.165, 1.54) is 10.8 Å². The summed E-state index contributed by atoms with van der Waals surface area (Å²) in [6.07, 6.45) is 0. The van der Waals surface area contributed by atoms with Crippen molar-refractivity contribution in [3.05, 3.63) is 115 Å². The van der Waals surface area contributed by atoms with Crippen LogP contribution >= 0.6 is 0 Å². The van der Waals surface area contributed by atoms with Gasteiger partial charge in [0.25, 0.3) is 0 Å². The van der Waals surface area contributed by atoms with Crippen molar-refractivity contribution in [1.82, 2.24) is 9.97 Å². The highest BCUT2D eigenvalue weighted by molar-refractivity contribution is 6.62. The van der Waals surface area contributed by atoms with E-state index >= 15 is 0 Å². The molecule has 1 fully saturated rings. The molecule has 0 spiro atoms. The fourth-order valence-electron chi connectivity index (χ4n) is 6.14. The Bertz CT molecular complexity index is 2190. The molecule has 0 aliphatic carbocycles. The fourth-order valence-corrected chi connectivity index (χ4v) is 6.14. The molecule has 43 heavy (non-hydrogen) atoms. The smallest absolute Gasteiger partial charge is 0.399 e. The normalized spacial score (nSPS) is 16.0. The molecule has 0 amide bonds. The van der Waals surface area contributed by atoms with Gasteiger partial charge in [-0.2, -0.15) is 0 Å². The highest BCUT2D eigenvalue weighted by Gasteiger charge is 2.51. The number of hydrogen-bond acceptors (Lipinski definition) is 4. The molecule has 2 aromatic heterocycles. The minimum absolute atomic E-state index is 0.411. The molecule has 3 heterocycles. The Morgan fingerprint density at radius 1 is 0.558 bits per heavy atom. The lowest BCUT2D eigenvalue weighted by atomic mass is 9.78. The van der Waals surface area contributed by atoms with E-state index in [-0.39, 0.29) is 0 Å². The van der Waals surface area contributed by atoms with E-state index in [0.29, 0.717) is 0 Å². The third kappa shape index (κ3) is 4.23. The maximum Gasteiger partial charge on any atom is 0.494 e. The van der Waals surface area contributed by atoms with Crippen molar-refractivity contribution in [1.29, 1.82) is 0 Å². The molecule has 4 nitrogen and oxygen atoms in total. The second-order valence-electron chi connectivity index (χ2n) is 12.5. The van der Waals surface area contributed by atoms with E-state index in [9.17, 15) is 0 Å². The van der Waals surface area contributed by atoms with Gasteiger partial charge in [0.15, 0.2) is 0 Å². The number of aromatic nitrogens is 2. The first-order valence-corrected chi connectivity index (χ1v) is 14.8. The van der Waals surface area contributed by atoms with Crippen LogP contribution in [0.2, 0.25) is 0 Å². The Hall–Kier alpha value is -4.58. The van der Waals surface area contributed by atoms with Crippen molar-refractivity contribution < 1.29 is 9.31 Å². The highest BCUT2D eigenvalue weighted by atomic mass is 16.7. The van der Waals surface area contributed by atoms with Crippen molar-refractivity contribution in [2.45, 2.75) is 38.9 Å². The minimum Gasteiger partial charge on any atom is -0.399 e. The first-order chi connectivity index (χ1) is 20.8. The summed E-state index contributed by atoms with van der Waals surface area (Å²) >= 11 is 0. The predicted octanol–water partition coefficient (Wildman–Crippen LogP) is 8.72. The average Bonchev–Trinajstić information content (AvgIpc) is 3.26. The summed E-state index contributed by atoms with van der Waals surface area (Å²) in [5.41, 5.74) is 6.02. The van der Waals surface area contributed by atoms with Crippen LogP contribution in [-0.4, -0.2) is 28.3 Å². The molecule has 0 atom stereocenters. The summed E-state index contributed by atoms with van der Waals surface area (Å²) in [5, 5.41) is 6.77. The van der Waals surface area contributed by atoms with Gasteiger partial charge in [0, 0.05) is 27.3 Å². The van der Waals surface area contributed by atoms with Crippen LogP contribution in [0.15, 0.2) is 115 Å². The summed E-state index contributed by atoms with van der Waals surface area (Å²) in [7, 11) is -0.449. The van der Waals surface area contributed by atoms with E-state index in [4.69, 9.17) is 19.3 Å². The molecule has 5 heteroatoms. The van der Waals surface area contributed by atoms with Gasteiger partial charge in [0.2, 0.25) is 0 Å². The fraction of sp³-hybridized carbons (Fsp3) is 0.158. The predicted molar refractivity (Wildman–Crippen MR) is 179 cm³/mol. The van der Waals surface area contributed by atoms with E-state index in [1.54, 1.807) is 0 Å². The van der Waals surface area contributed by atoms with Crippen molar-refractivity contribution in [3.8, 4) is 22.5 Å². The number of fused-ring (bicyclic) bond motifs is 6. The van der Waals surface area contributed by atoms with Crippen LogP contribution in [0, 0.1) is 0 Å². The lowest BCUT2D eigenvalue weighted by molar-refractivity contribution is 0.00578. The standard InChI is InChI=1S/C38H31BN2O2/c1-37(2)38(3,4)43-39(42-37)29-18-20-30-31-19-16-26-17-21-32(28-15-14-24-10-8-9-13-27(24)22-28)40-36(26)34(31)35(41-33(30)23-29)25-11-6-5-7-12-25/h5-23H,1-4H3. The van der Waals surface area contributed by atoms with Gasteiger partial charge in [-0.15, -0.1) is 0 Å². The molecule has 0 N–H and O–H groups in total. The molecule has 8 rings (SSSR count). The lowest BCUT2D eigenvalue weighted by Crippen LogP contribution is -2.41. The van der Waals surface area contributed by atoms with Crippen LogP contribution < -0.4 is 5.46 Å². The van der Waals surface area contributed by atoms with Gasteiger partial charge >= 0.3 is 7.12 Å². The number of hydrogen-bond donors (Lipinski definition) is 0. The molecule has 0 bridgehead atoms. The van der Waals surface area contributed by atoms with Gasteiger partial charge in [-0.25, -0.2) is 9.97 Å². The van der Waals surface area contributed by atoms with Crippen LogP contribution in [0.3, 0.4) is 0 Å². The van der Waals surface area contributed by atoms with Gasteiger partial charge in [0.1, 0.15) is 0 Å². The van der Waals surface area contributed by atoms with Crippen LogP contribution in [0.1, 0.15) is 27.7 Å². The zero-order valence-electron chi connectivity index (χ0n) is 24.8. The summed E-state index contributed by atoms with van der Waals surface area (Å²) in [6, 6.07) is 40.4. The Balaban J connectivity index is 1.36. The highest BCUT2D eigenvalue weighted by Crippen LogP contribution is 2.39. The van der Waals surface area contributed by atoms with E-state index in [1.807, 2.05) is 6.07 Å². The molecule has 0 unspecified atom stereocenters. The molecule has 208 valence electrons. The van der Waals surface area contributed by atoms with Crippen molar-refractivity contribution in [2.24, 2.45) is 0 Å². The summed E-state index contributed by atoms with van der Waals surface area (Å²) in [5.74, 6) is 0. The van der Waals surface area contributed by atoms with Crippen LogP contribution in [0.5, 0.6) is 0 Å². The molecule has 0 radical (unpaired) electrons. The summed E-state index contributed by atoms with van der Waals surface area (Å²) in [6.45, 7) is 8.32. The third-order valence-corrected chi connectivity index (χ3v) is 9.26. The van der Waals surface area contributed by atoms with E-state index in [2.05, 4.69) is 137 Å². The Labute approximate surface area is 251 Å². The molecule has 1 saturated heterocycles.